The zero-order chi connectivity index (χ0) is 27.8. The lowest BCUT2D eigenvalue weighted by Crippen LogP contribution is -2.29. The number of amides is 1. The van der Waals surface area contributed by atoms with Gasteiger partial charge in [0.25, 0.3) is 5.91 Å². The van der Waals surface area contributed by atoms with E-state index in [1.54, 1.807) is 37.3 Å². The Labute approximate surface area is 232 Å². The molecule has 1 aliphatic rings. The average Bonchev–Trinajstić information content (AvgIpc) is 3.46. The summed E-state index contributed by atoms with van der Waals surface area (Å²) in [7, 11) is 2.80. The number of nitrogens with zero attached hydrogens (tertiary/aromatic N) is 2. The standard InChI is InChI=1S/C28H25ClN2O7S/c1-5-6-11-37-19-9-7-15(12-20(19)35-3)22-21-23(32)17-13-16(29)8-10-18(17)38-24(21)26(33)31(22)28-30-14(2)25(39-28)27(34)36-4/h7-10,12-13,22H,5-6,11H2,1-4H3. The lowest BCUT2D eigenvalue weighted by Gasteiger charge is -2.23. The molecule has 202 valence electrons. The fraction of sp³-hybridized carbons (Fsp3) is 0.286. The van der Waals surface area contributed by atoms with Gasteiger partial charge in [-0.3, -0.25) is 14.5 Å². The summed E-state index contributed by atoms with van der Waals surface area (Å²) in [5, 5.41) is 0.831. The molecular formula is C28H25ClN2O7S. The number of rotatable bonds is 8. The van der Waals surface area contributed by atoms with Gasteiger partial charge >= 0.3 is 5.97 Å². The van der Waals surface area contributed by atoms with Crippen LogP contribution in [0.15, 0.2) is 45.6 Å². The van der Waals surface area contributed by atoms with Gasteiger partial charge in [-0.15, -0.1) is 0 Å². The molecule has 1 amide bonds. The van der Waals surface area contributed by atoms with E-state index >= 15 is 0 Å². The van der Waals surface area contributed by atoms with E-state index in [2.05, 4.69) is 11.9 Å². The number of halogens is 1. The van der Waals surface area contributed by atoms with Gasteiger partial charge in [-0.25, -0.2) is 9.78 Å². The Morgan fingerprint density at radius 1 is 1.15 bits per heavy atom. The summed E-state index contributed by atoms with van der Waals surface area (Å²) in [6.45, 7) is 4.25. The molecule has 2 aromatic heterocycles. The van der Waals surface area contributed by atoms with E-state index in [1.807, 2.05) is 0 Å². The van der Waals surface area contributed by atoms with Crippen molar-refractivity contribution in [3.63, 3.8) is 0 Å². The van der Waals surface area contributed by atoms with Crippen molar-refractivity contribution in [2.75, 3.05) is 25.7 Å². The molecule has 0 radical (unpaired) electrons. The number of hydrogen-bond donors (Lipinski definition) is 0. The van der Waals surface area contributed by atoms with Crippen LogP contribution in [0.4, 0.5) is 5.13 Å². The Hall–Kier alpha value is -3.89. The Kier molecular flexibility index (Phi) is 7.33. The first-order valence-electron chi connectivity index (χ1n) is 12.2. The molecule has 11 heteroatoms. The van der Waals surface area contributed by atoms with E-state index in [4.69, 9.17) is 30.2 Å². The van der Waals surface area contributed by atoms with Crippen molar-refractivity contribution >= 4 is 50.9 Å². The Bertz CT molecular complexity index is 1660. The number of thiazole rings is 1. The quantitative estimate of drug-likeness (QED) is 0.190. The molecule has 3 heterocycles. The number of carbonyl (C=O) groups excluding carboxylic acids is 2. The molecule has 39 heavy (non-hydrogen) atoms. The number of carbonyl (C=O) groups is 2. The van der Waals surface area contributed by atoms with Gasteiger partial charge in [-0.05, 0) is 49.2 Å². The third kappa shape index (κ3) is 4.63. The topological polar surface area (TPSA) is 108 Å². The third-order valence-corrected chi connectivity index (χ3v) is 7.83. The first kappa shape index (κ1) is 26.7. The minimum atomic E-state index is -0.915. The molecule has 9 nitrogen and oxygen atoms in total. The van der Waals surface area contributed by atoms with Gasteiger partial charge in [-0.1, -0.05) is 42.3 Å². The molecule has 2 aromatic carbocycles. The predicted octanol–water partition coefficient (Wildman–Crippen LogP) is 5.94. The Morgan fingerprint density at radius 3 is 2.67 bits per heavy atom. The number of methoxy groups -OCH3 is 2. The Balaban J connectivity index is 1.72. The lowest BCUT2D eigenvalue weighted by molar-refractivity contribution is 0.0605. The first-order valence-corrected chi connectivity index (χ1v) is 13.4. The molecule has 0 fully saturated rings. The largest absolute Gasteiger partial charge is 0.493 e. The van der Waals surface area contributed by atoms with Crippen molar-refractivity contribution < 1.29 is 28.2 Å². The summed E-state index contributed by atoms with van der Waals surface area (Å²) in [4.78, 5) is 46.2. The summed E-state index contributed by atoms with van der Waals surface area (Å²) in [6.07, 6.45) is 1.86. The molecular weight excluding hydrogens is 544 g/mol. The second-order valence-corrected chi connectivity index (χ2v) is 10.3. The van der Waals surface area contributed by atoms with Crippen LogP contribution in [0.1, 0.15) is 62.9 Å². The molecule has 0 N–H and O–H groups in total. The number of ether oxygens (including phenoxy) is 3. The molecule has 0 bridgehead atoms. The molecule has 0 aliphatic carbocycles. The maximum atomic E-state index is 13.9. The van der Waals surface area contributed by atoms with Gasteiger partial charge in [0, 0.05) is 5.02 Å². The minimum Gasteiger partial charge on any atom is -0.493 e. The van der Waals surface area contributed by atoms with E-state index in [1.165, 1.54) is 25.2 Å². The van der Waals surface area contributed by atoms with Crippen molar-refractivity contribution in [3.05, 3.63) is 79.1 Å². The van der Waals surface area contributed by atoms with Gasteiger partial charge < -0.3 is 18.6 Å². The van der Waals surface area contributed by atoms with Crippen LogP contribution >= 0.6 is 22.9 Å². The van der Waals surface area contributed by atoms with Crippen molar-refractivity contribution in [3.8, 4) is 11.5 Å². The highest BCUT2D eigenvalue weighted by Gasteiger charge is 2.45. The van der Waals surface area contributed by atoms with Crippen LogP contribution in [0, 0.1) is 6.92 Å². The number of anilines is 1. The number of esters is 1. The number of benzene rings is 2. The summed E-state index contributed by atoms with van der Waals surface area (Å²) in [5.41, 5.74) is 0.961. The van der Waals surface area contributed by atoms with E-state index in [9.17, 15) is 14.4 Å². The summed E-state index contributed by atoms with van der Waals surface area (Å²) >= 11 is 7.18. The predicted molar refractivity (Wildman–Crippen MR) is 148 cm³/mol. The molecule has 0 saturated heterocycles. The summed E-state index contributed by atoms with van der Waals surface area (Å²) in [6, 6.07) is 8.99. The third-order valence-electron chi connectivity index (χ3n) is 6.45. The van der Waals surface area contributed by atoms with Crippen LogP contribution < -0.4 is 19.8 Å². The van der Waals surface area contributed by atoms with Crippen LogP contribution in [-0.2, 0) is 4.74 Å². The highest BCUT2D eigenvalue weighted by molar-refractivity contribution is 7.17. The van der Waals surface area contributed by atoms with Crippen molar-refractivity contribution in [2.24, 2.45) is 0 Å². The van der Waals surface area contributed by atoms with Crippen LogP contribution in [0.2, 0.25) is 5.02 Å². The van der Waals surface area contributed by atoms with Crippen LogP contribution in [-0.4, -0.2) is 37.7 Å². The zero-order valence-corrected chi connectivity index (χ0v) is 23.3. The Morgan fingerprint density at radius 2 is 1.95 bits per heavy atom. The van der Waals surface area contributed by atoms with E-state index in [0.717, 1.165) is 24.2 Å². The van der Waals surface area contributed by atoms with Crippen molar-refractivity contribution in [1.82, 2.24) is 4.98 Å². The maximum Gasteiger partial charge on any atom is 0.350 e. The number of fused-ring (bicyclic) bond motifs is 2. The fourth-order valence-corrected chi connectivity index (χ4v) is 5.71. The summed E-state index contributed by atoms with van der Waals surface area (Å²) in [5.74, 6) is -0.239. The molecule has 4 aromatic rings. The molecule has 1 atom stereocenters. The number of aryl methyl sites for hydroxylation is 1. The van der Waals surface area contributed by atoms with Crippen LogP contribution in [0.25, 0.3) is 11.0 Å². The van der Waals surface area contributed by atoms with E-state index < -0.39 is 23.3 Å². The second-order valence-electron chi connectivity index (χ2n) is 8.91. The zero-order valence-electron chi connectivity index (χ0n) is 21.7. The normalized spacial score (nSPS) is 14.5. The van der Waals surface area contributed by atoms with Crippen molar-refractivity contribution in [2.45, 2.75) is 32.7 Å². The smallest absolute Gasteiger partial charge is 0.350 e. The highest BCUT2D eigenvalue weighted by atomic mass is 35.5. The first-order chi connectivity index (χ1) is 18.8. The molecule has 0 saturated carbocycles. The summed E-state index contributed by atoms with van der Waals surface area (Å²) < 4.78 is 22.3. The monoisotopic (exact) mass is 568 g/mol. The second kappa shape index (κ2) is 10.7. The van der Waals surface area contributed by atoms with E-state index in [0.29, 0.717) is 34.4 Å². The fourth-order valence-electron chi connectivity index (χ4n) is 4.53. The molecule has 1 aliphatic heterocycles. The maximum absolute atomic E-state index is 13.9. The van der Waals surface area contributed by atoms with Crippen molar-refractivity contribution in [1.29, 1.82) is 0 Å². The van der Waals surface area contributed by atoms with Gasteiger partial charge in [0.15, 0.2) is 22.1 Å². The molecule has 1 unspecified atom stereocenters. The SMILES string of the molecule is CCCCOc1ccc(C2c3c(oc4ccc(Cl)cc4c3=O)C(=O)N2c2nc(C)c(C(=O)OC)s2)cc1OC. The average molecular weight is 569 g/mol. The van der Waals surface area contributed by atoms with Gasteiger partial charge in [0.2, 0.25) is 5.76 Å². The number of unbranched alkanes of at least 4 members (excludes halogenated alkanes) is 1. The highest BCUT2D eigenvalue weighted by Crippen LogP contribution is 2.45. The van der Waals surface area contributed by atoms with Gasteiger partial charge in [-0.2, -0.15) is 0 Å². The van der Waals surface area contributed by atoms with Gasteiger partial charge in [0.1, 0.15) is 10.5 Å². The number of hydrogen-bond acceptors (Lipinski definition) is 9. The molecule has 5 rings (SSSR count). The minimum absolute atomic E-state index is 0.102. The molecule has 0 spiro atoms. The lowest BCUT2D eigenvalue weighted by atomic mass is 9.98. The van der Waals surface area contributed by atoms with Crippen LogP contribution in [0.3, 0.4) is 0 Å². The number of aromatic nitrogens is 1. The van der Waals surface area contributed by atoms with Gasteiger partial charge in [0.05, 0.1) is 43.5 Å². The van der Waals surface area contributed by atoms with E-state index in [-0.39, 0.29) is 32.3 Å². The van der Waals surface area contributed by atoms with Crippen LogP contribution in [0.5, 0.6) is 11.5 Å².